The molecular weight excluding hydrogens is 396 g/mol. The Morgan fingerprint density at radius 3 is 2.50 bits per heavy atom. The van der Waals surface area contributed by atoms with Crippen LogP contribution in [-0.4, -0.2) is 28.5 Å². The maximum atomic E-state index is 13.5. The van der Waals surface area contributed by atoms with Crippen molar-refractivity contribution in [2.24, 2.45) is 11.8 Å². The Morgan fingerprint density at radius 2 is 1.66 bits per heavy atom. The lowest BCUT2D eigenvalue weighted by Gasteiger charge is -2.44. The summed E-state index contributed by atoms with van der Waals surface area (Å²) in [5, 5.41) is 2.34. The number of likely N-dealkylation sites (tertiary alicyclic amines) is 1. The van der Waals surface area contributed by atoms with Gasteiger partial charge in [0.05, 0.1) is 0 Å². The number of hydrogen-bond acceptors (Lipinski definition) is 2. The molecule has 1 amide bonds. The smallest absolute Gasteiger partial charge is 0.258 e. The summed E-state index contributed by atoms with van der Waals surface area (Å²) in [6, 6.07) is 18.7. The largest absolute Gasteiger partial charge is 0.341 e. The van der Waals surface area contributed by atoms with Gasteiger partial charge in [0.25, 0.3) is 5.56 Å². The molecule has 3 aromatic rings. The number of aromatic nitrogens is 1. The Balaban J connectivity index is 1.30. The molecule has 2 fully saturated rings. The Morgan fingerprint density at radius 1 is 0.844 bits per heavy atom. The molecule has 1 saturated heterocycles. The fraction of sp³-hybridized carbons (Fsp3) is 0.429. The summed E-state index contributed by atoms with van der Waals surface area (Å²) in [4.78, 5) is 28.8. The van der Waals surface area contributed by atoms with Crippen molar-refractivity contribution in [2.75, 3.05) is 13.1 Å². The van der Waals surface area contributed by atoms with Crippen molar-refractivity contribution in [2.45, 2.75) is 51.0 Å². The van der Waals surface area contributed by atoms with Gasteiger partial charge in [0.1, 0.15) is 0 Å². The van der Waals surface area contributed by atoms with Crippen molar-refractivity contribution in [1.82, 2.24) is 9.47 Å². The molecule has 3 aliphatic rings. The minimum Gasteiger partial charge on any atom is -0.341 e. The molecule has 1 aliphatic carbocycles. The molecule has 164 valence electrons. The number of hydrogen-bond donors (Lipinski definition) is 0. The van der Waals surface area contributed by atoms with E-state index in [1.807, 2.05) is 22.8 Å². The second-order valence-corrected chi connectivity index (χ2v) is 10.0. The van der Waals surface area contributed by atoms with Crippen molar-refractivity contribution < 1.29 is 4.79 Å². The standard InChI is InChI=1S/C28H30N2O2/c31-27(21-7-2-1-3-8-21)29-16-19-14-24(18-29)26-13-12-25(28(32)30(26)17-19)23-11-10-20-6-4-5-9-22(20)15-23/h4-6,9-13,15,19,21,24H,1-3,7-8,14,16-18H2/t19-,24+/m0/s1. The van der Waals surface area contributed by atoms with Gasteiger partial charge in [-0.2, -0.15) is 0 Å². The summed E-state index contributed by atoms with van der Waals surface area (Å²) >= 11 is 0. The zero-order valence-corrected chi connectivity index (χ0v) is 18.5. The molecular formula is C28H30N2O2. The Hall–Kier alpha value is -2.88. The average Bonchev–Trinajstić information content (AvgIpc) is 2.84. The molecule has 3 heterocycles. The number of carbonyl (C=O) groups is 1. The molecule has 2 aromatic carbocycles. The minimum atomic E-state index is 0.111. The quantitative estimate of drug-likeness (QED) is 0.566. The van der Waals surface area contributed by atoms with Crippen molar-refractivity contribution in [3.8, 4) is 11.1 Å². The van der Waals surface area contributed by atoms with Crippen LogP contribution in [0.5, 0.6) is 0 Å². The first-order chi connectivity index (χ1) is 15.7. The van der Waals surface area contributed by atoms with Gasteiger partial charge in [0.15, 0.2) is 0 Å². The van der Waals surface area contributed by atoms with Crippen molar-refractivity contribution >= 4 is 16.7 Å². The topological polar surface area (TPSA) is 42.3 Å². The maximum Gasteiger partial charge on any atom is 0.258 e. The summed E-state index contributed by atoms with van der Waals surface area (Å²) in [5.41, 5.74) is 2.97. The Kier molecular flexibility index (Phi) is 4.89. The lowest BCUT2D eigenvalue weighted by molar-refractivity contribution is -0.139. The molecule has 1 saturated carbocycles. The molecule has 1 aromatic heterocycles. The van der Waals surface area contributed by atoms with E-state index in [1.54, 1.807) is 0 Å². The highest BCUT2D eigenvalue weighted by Crippen LogP contribution is 2.37. The van der Waals surface area contributed by atoms with Crippen molar-refractivity contribution in [3.63, 3.8) is 0 Å². The fourth-order valence-corrected chi connectivity index (χ4v) is 6.31. The SMILES string of the molecule is O=C(C1CCCCC1)N1C[C@@H]2C[C@H](C1)c1ccc(-c3ccc4ccccc4c3)c(=O)n1C2. The van der Waals surface area contributed by atoms with Crippen LogP contribution >= 0.6 is 0 Å². The molecule has 2 aliphatic heterocycles. The van der Waals surface area contributed by atoms with Crippen molar-refractivity contribution in [3.05, 3.63) is 70.6 Å². The molecule has 0 spiro atoms. The van der Waals surface area contributed by atoms with Crippen LogP contribution in [0.25, 0.3) is 21.9 Å². The number of benzene rings is 2. The highest BCUT2D eigenvalue weighted by Gasteiger charge is 2.38. The van der Waals surface area contributed by atoms with E-state index in [2.05, 4.69) is 41.3 Å². The number of pyridine rings is 1. The van der Waals surface area contributed by atoms with Crippen LogP contribution in [0, 0.1) is 11.8 Å². The minimum absolute atomic E-state index is 0.111. The van der Waals surface area contributed by atoms with Gasteiger partial charge >= 0.3 is 0 Å². The second-order valence-electron chi connectivity index (χ2n) is 10.0. The third-order valence-corrected chi connectivity index (χ3v) is 7.93. The van der Waals surface area contributed by atoms with E-state index in [0.717, 1.165) is 61.1 Å². The summed E-state index contributed by atoms with van der Waals surface area (Å²) in [6.07, 6.45) is 6.83. The number of rotatable bonds is 2. The Bertz CT molecular complexity index is 1240. The van der Waals surface area contributed by atoms with Gasteiger partial charge < -0.3 is 9.47 Å². The molecule has 0 radical (unpaired) electrons. The predicted octanol–water partition coefficient (Wildman–Crippen LogP) is 5.19. The van der Waals surface area contributed by atoms with Gasteiger partial charge in [-0.15, -0.1) is 0 Å². The first-order valence-electron chi connectivity index (χ1n) is 12.2. The second kappa shape index (κ2) is 7.91. The van der Waals surface area contributed by atoms with Crippen LogP contribution in [0.4, 0.5) is 0 Å². The van der Waals surface area contributed by atoms with E-state index in [4.69, 9.17) is 0 Å². The molecule has 2 atom stereocenters. The third kappa shape index (κ3) is 3.37. The van der Waals surface area contributed by atoms with E-state index in [1.165, 1.54) is 24.6 Å². The summed E-state index contributed by atoms with van der Waals surface area (Å²) in [5.74, 6) is 1.23. The van der Waals surface area contributed by atoms with Gasteiger partial charge in [-0.05, 0) is 59.7 Å². The fourth-order valence-electron chi connectivity index (χ4n) is 6.31. The predicted molar refractivity (Wildman–Crippen MR) is 128 cm³/mol. The lowest BCUT2D eigenvalue weighted by atomic mass is 9.81. The summed E-state index contributed by atoms with van der Waals surface area (Å²) in [7, 11) is 0. The van der Waals surface area contributed by atoms with Crippen LogP contribution in [-0.2, 0) is 11.3 Å². The summed E-state index contributed by atoms with van der Waals surface area (Å²) in [6.45, 7) is 2.29. The van der Waals surface area contributed by atoms with E-state index in [-0.39, 0.29) is 17.4 Å². The van der Waals surface area contributed by atoms with Crippen molar-refractivity contribution in [1.29, 1.82) is 0 Å². The number of piperidine rings is 1. The molecule has 4 heteroatoms. The van der Waals surface area contributed by atoms with E-state index < -0.39 is 0 Å². The number of amides is 1. The highest BCUT2D eigenvalue weighted by molar-refractivity contribution is 5.87. The molecule has 2 bridgehead atoms. The molecule has 0 N–H and O–H groups in total. The normalized spacial score (nSPS) is 23.2. The monoisotopic (exact) mass is 426 g/mol. The van der Waals surface area contributed by atoms with Gasteiger partial charge in [-0.1, -0.05) is 55.7 Å². The lowest BCUT2D eigenvalue weighted by Crippen LogP contribution is -2.50. The number of fused-ring (bicyclic) bond motifs is 5. The average molecular weight is 427 g/mol. The van der Waals surface area contributed by atoms with Crippen LogP contribution in [0.15, 0.2) is 59.4 Å². The van der Waals surface area contributed by atoms with Crippen LogP contribution in [0.2, 0.25) is 0 Å². The van der Waals surface area contributed by atoms with Gasteiger partial charge in [-0.25, -0.2) is 0 Å². The molecule has 0 unspecified atom stereocenters. The van der Waals surface area contributed by atoms with E-state index in [9.17, 15) is 9.59 Å². The zero-order chi connectivity index (χ0) is 21.7. The first-order valence-corrected chi connectivity index (χ1v) is 12.2. The zero-order valence-electron chi connectivity index (χ0n) is 18.5. The number of carbonyl (C=O) groups excluding carboxylic acids is 1. The first kappa shape index (κ1) is 19.8. The maximum absolute atomic E-state index is 13.5. The van der Waals surface area contributed by atoms with Crippen LogP contribution < -0.4 is 5.56 Å². The summed E-state index contributed by atoms with van der Waals surface area (Å²) < 4.78 is 2.01. The number of nitrogens with zero attached hydrogens (tertiary/aromatic N) is 2. The van der Waals surface area contributed by atoms with Crippen LogP contribution in [0.1, 0.15) is 50.1 Å². The third-order valence-electron chi connectivity index (χ3n) is 7.93. The highest BCUT2D eigenvalue weighted by atomic mass is 16.2. The van der Waals surface area contributed by atoms with Gasteiger partial charge in [0, 0.05) is 42.7 Å². The van der Waals surface area contributed by atoms with E-state index in [0.29, 0.717) is 11.8 Å². The van der Waals surface area contributed by atoms with Gasteiger partial charge in [-0.3, -0.25) is 9.59 Å². The van der Waals surface area contributed by atoms with Gasteiger partial charge in [0.2, 0.25) is 5.91 Å². The van der Waals surface area contributed by atoms with E-state index >= 15 is 0 Å². The van der Waals surface area contributed by atoms with Crippen LogP contribution in [0.3, 0.4) is 0 Å². The Labute approximate surface area is 188 Å². The molecule has 32 heavy (non-hydrogen) atoms. The molecule has 4 nitrogen and oxygen atoms in total. The molecule has 6 rings (SSSR count).